The quantitative estimate of drug-likeness (QED) is 0.451. The highest BCUT2D eigenvalue weighted by atomic mass is 14.1. The lowest BCUT2D eigenvalue weighted by atomic mass is 9.89. The van der Waals surface area contributed by atoms with Gasteiger partial charge in [0.15, 0.2) is 0 Å². The van der Waals surface area contributed by atoms with E-state index in [1.807, 2.05) is 0 Å². The van der Waals surface area contributed by atoms with Gasteiger partial charge >= 0.3 is 0 Å². The number of hydrogen-bond donors (Lipinski definition) is 0. The molecule has 0 N–H and O–H groups in total. The van der Waals surface area contributed by atoms with Gasteiger partial charge in [-0.15, -0.1) is 0 Å². The molecular formula is C10H22. The van der Waals surface area contributed by atoms with Crippen molar-refractivity contribution in [1.82, 2.24) is 0 Å². The van der Waals surface area contributed by atoms with Gasteiger partial charge < -0.3 is 0 Å². The minimum Gasteiger partial charge on any atom is -0.0826 e. The Hall–Kier alpha value is -0.260. The maximum absolute atomic E-state index is 2.27. The van der Waals surface area contributed by atoms with Crippen molar-refractivity contribution in [1.29, 1.82) is 0 Å². The Bertz CT molecular complexity index is 105. The maximum atomic E-state index is 2.27. The summed E-state index contributed by atoms with van der Waals surface area (Å²) < 4.78 is 0. The topological polar surface area (TPSA) is 0 Å². The van der Waals surface area contributed by atoms with Crippen LogP contribution in [-0.4, -0.2) is 0 Å². The Balaban J connectivity index is 0. The van der Waals surface area contributed by atoms with E-state index in [0.717, 1.165) is 0 Å². The van der Waals surface area contributed by atoms with E-state index in [1.54, 1.807) is 0 Å². The molecule has 0 amide bonds. The van der Waals surface area contributed by atoms with Gasteiger partial charge in [0.05, 0.1) is 0 Å². The molecule has 0 unspecified atom stereocenters. The molecule has 0 radical (unpaired) electrons. The Morgan fingerprint density at radius 1 is 0.700 bits per heavy atom. The summed E-state index contributed by atoms with van der Waals surface area (Å²) in [5.74, 6) is 0. The molecule has 0 aromatic rings. The molecule has 0 spiro atoms. The van der Waals surface area contributed by atoms with E-state index in [9.17, 15) is 0 Å². The first kappa shape index (κ1) is 9.74. The van der Waals surface area contributed by atoms with Crippen LogP contribution >= 0.6 is 0 Å². The van der Waals surface area contributed by atoms with Crippen LogP contribution in [0.25, 0.3) is 0 Å². The van der Waals surface area contributed by atoms with Gasteiger partial charge in [0.1, 0.15) is 0 Å². The van der Waals surface area contributed by atoms with Crippen molar-refractivity contribution in [2.45, 2.75) is 41.5 Å². The molecule has 0 heterocycles. The van der Waals surface area contributed by atoms with Gasteiger partial charge in [-0.3, -0.25) is 0 Å². The fraction of sp³-hybridized carbons (Fsp3) is 0.800. The summed E-state index contributed by atoms with van der Waals surface area (Å²) in [6.45, 7) is 13.3. The minimum absolute atomic E-state index is 0. The van der Waals surface area contributed by atoms with Gasteiger partial charge in [0.2, 0.25) is 0 Å². The third-order valence-corrected chi connectivity index (χ3v) is 1.08. The van der Waals surface area contributed by atoms with Crippen molar-refractivity contribution in [3.63, 3.8) is 0 Å². The van der Waals surface area contributed by atoms with Crippen molar-refractivity contribution in [2.75, 3.05) is 0 Å². The third-order valence-electron chi connectivity index (χ3n) is 1.08. The number of hydrogen-bond acceptors (Lipinski definition) is 0. The van der Waals surface area contributed by atoms with E-state index in [0.29, 0.717) is 10.8 Å². The fourth-order valence-electron chi connectivity index (χ4n) is 0.500. The highest BCUT2D eigenvalue weighted by Crippen LogP contribution is 2.21. The fourth-order valence-corrected chi connectivity index (χ4v) is 0.500. The molecule has 0 aromatic carbocycles. The van der Waals surface area contributed by atoms with E-state index >= 15 is 0 Å². The van der Waals surface area contributed by atoms with Gasteiger partial charge in [0, 0.05) is 1.43 Å². The summed E-state index contributed by atoms with van der Waals surface area (Å²) in [5, 5.41) is 0. The molecule has 0 heteroatoms. The molecule has 0 aromatic heterocycles. The molecule has 0 saturated carbocycles. The predicted molar refractivity (Wildman–Crippen MR) is 50.2 cm³/mol. The summed E-state index contributed by atoms with van der Waals surface area (Å²) >= 11 is 0. The van der Waals surface area contributed by atoms with Crippen molar-refractivity contribution < 1.29 is 1.43 Å². The maximum Gasteiger partial charge on any atom is 0 e. The van der Waals surface area contributed by atoms with Crippen molar-refractivity contribution in [3.8, 4) is 0 Å². The van der Waals surface area contributed by atoms with Crippen LogP contribution in [0.5, 0.6) is 0 Å². The first-order chi connectivity index (χ1) is 4.21. The van der Waals surface area contributed by atoms with Crippen LogP contribution in [0.2, 0.25) is 0 Å². The minimum atomic E-state index is 0. The molecule has 0 aliphatic heterocycles. The van der Waals surface area contributed by atoms with Crippen LogP contribution in [-0.2, 0) is 0 Å². The second-order valence-corrected chi connectivity index (χ2v) is 5.07. The van der Waals surface area contributed by atoms with Crippen LogP contribution in [0.4, 0.5) is 0 Å². The summed E-state index contributed by atoms with van der Waals surface area (Å²) in [5.41, 5.74) is 0.653. The van der Waals surface area contributed by atoms with Gasteiger partial charge in [-0.1, -0.05) is 53.7 Å². The Morgan fingerprint density at radius 3 is 1.00 bits per heavy atom. The zero-order valence-corrected chi connectivity index (χ0v) is 8.15. The van der Waals surface area contributed by atoms with Gasteiger partial charge in [0.25, 0.3) is 0 Å². The van der Waals surface area contributed by atoms with Crippen LogP contribution in [0.1, 0.15) is 43.0 Å². The van der Waals surface area contributed by atoms with Gasteiger partial charge in [-0.2, -0.15) is 0 Å². The SMILES string of the molecule is CC(C)(C)/C=C\C(C)(C)C.[2HH]. The van der Waals surface area contributed by atoms with Crippen molar-refractivity contribution in [2.24, 2.45) is 10.8 Å². The standard InChI is InChI=1S/C10H20.H2/c1-9(2,3)7-8-10(4,5)6;/h7-8H,1-6H3;1H/b8-7-;/i;1+1. The van der Waals surface area contributed by atoms with E-state index < -0.39 is 0 Å². The summed E-state index contributed by atoms with van der Waals surface area (Å²) in [4.78, 5) is 0. The predicted octanol–water partition coefficient (Wildman–Crippen LogP) is 3.88. The lowest BCUT2D eigenvalue weighted by molar-refractivity contribution is 0.502. The molecular weight excluding hydrogens is 120 g/mol. The second kappa shape index (κ2) is 2.77. The van der Waals surface area contributed by atoms with Crippen molar-refractivity contribution >= 4 is 0 Å². The molecule has 0 rings (SSSR count). The molecule has 10 heavy (non-hydrogen) atoms. The highest BCUT2D eigenvalue weighted by molar-refractivity contribution is 4.98. The average Bonchev–Trinajstić information content (AvgIpc) is 1.57. The van der Waals surface area contributed by atoms with E-state index in [2.05, 4.69) is 53.7 Å². The lowest BCUT2D eigenvalue weighted by Gasteiger charge is -2.17. The molecule has 0 aliphatic rings. The zero-order chi connectivity index (χ0) is 8.41. The molecule has 0 nitrogen and oxygen atoms in total. The van der Waals surface area contributed by atoms with Crippen LogP contribution < -0.4 is 0 Å². The van der Waals surface area contributed by atoms with E-state index in [-0.39, 0.29) is 1.43 Å². The summed E-state index contributed by atoms with van der Waals surface area (Å²) in [6.07, 6.45) is 4.54. The van der Waals surface area contributed by atoms with Crippen LogP contribution in [0.3, 0.4) is 0 Å². The van der Waals surface area contributed by atoms with E-state index in [4.69, 9.17) is 0 Å². The molecule has 0 atom stereocenters. The molecule has 0 aliphatic carbocycles. The smallest absolute Gasteiger partial charge is 0 e. The molecule has 0 fully saturated rings. The van der Waals surface area contributed by atoms with E-state index in [1.165, 1.54) is 0 Å². The largest absolute Gasteiger partial charge is 0.0826 e. The Labute approximate surface area is 66.8 Å². The number of rotatable bonds is 0. The lowest BCUT2D eigenvalue weighted by Crippen LogP contribution is -2.04. The molecule has 62 valence electrons. The summed E-state index contributed by atoms with van der Waals surface area (Å²) in [6, 6.07) is 0. The molecule has 0 bridgehead atoms. The first-order valence-corrected chi connectivity index (χ1v) is 3.91. The Morgan fingerprint density at radius 2 is 0.900 bits per heavy atom. The van der Waals surface area contributed by atoms with Crippen molar-refractivity contribution in [3.05, 3.63) is 12.2 Å². The first-order valence-electron chi connectivity index (χ1n) is 3.91. The second-order valence-electron chi connectivity index (χ2n) is 5.07. The van der Waals surface area contributed by atoms with Crippen LogP contribution in [0.15, 0.2) is 12.2 Å². The monoisotopic (exact) mass is 143 g/mol. The molecule has 0 saturated heterocycles. The Kier molecular flexibility index (Phi) is 2.70. The average molecular weight is 143 g/mol. The zero-order valence-electron chi connectivity index (χ0n) is 8.15. The normalized spacial score (nSPS) is 14.6. The third kappa shape index (κ3) is 7.74. The summed E-state index contributed by atoms with van der Waals surface area (Å²) in [7, 11) is 0. The van der Waals surface area contributed by atoms with Crippen LogP contribution in [0, 0.1) is 10.8 Å². The van der Waals surface area contributed by atoms with Gasteiger partial charge in [-0.05, 0) is 10.8 Å². The number of allylic oxidation sites excluding steroid dienone is 2. The van der Waals surface area contributed by atoms with Gasteiger partial charge in [-0.25, -0.2) is 0 Å². The highest BCUT2D eigenvalue weighted by Gasteiger charge is 2.08.